The molecule has 4 unspecified atom stereocenters. The van der Waals surface area contributed by atoms with Crippen molar-refractivity contribution in [2.75, 3.05) is 6.54 Å². The van der Waals surface area contributed by atoms with Crippen LogP contribution in [0.5, 0.6) is 0 Å². The lowest BCUT2D eigenvalue weighted by atomic mass is 9.92. The fraction of sp³-hybridized carbons (Fsp3) is 0.909. The van der Waals surface area contributed by atoms with Crippen LogP contribution in [-0.4, -0.2) is 24.5 Å². The molecular formula is C11H20N2O. The Morgan fingerprint density at radius 2 is 2.07 bits per heavy atom. The van der Waals surface area contributed by atoms with Crippen LogP contribution in [0.15, 0.2) is 0 Å². The Balaban J connectivity index is 1.78. The van der Waals surface area contributed by atoms with Crippen molar-refractivity contribution < 1.29 is 4.79 Å². The molecule has 3 nitrogen and oxygen atoms in total. The summed E-state index contributed by atoms with van der Waals surface area (Å²) in [6, 6.07) is 0.976. The summed E-state index contributed by atoms with van der Waals surface area (Å²) >= 11 is 0. The Hall–Kier alpha value is -0.570. The first-order chi connectivity index (χ1) is 6.66. The monoisotopic (exact) mass is 196 g/mol. The van der Waals surface area contributed by atoms with Crippen LogP contribution >= 0.6 is 0 Å². The van der Waals surface area contributed by atoms with E-state index in [9.17, 15) is 4.79 Å². The molecule has 1 saturated heterocycles. The molecule has 1 heterocycles. The summed E-state index contributed by atoms with van der Waals surface area (Å²) in [7, 11) is 0. The fourth-order valence-electron chi connectivity index (χ4n) is 2.19. The lowest BCUT2D eigenvalue weighted by Gasteiger charge is -2.27. The maximum Gasteiger partial charge on any atom is 0.223 e. The minimum absolute atomic E-state index is 0.249. The van der Waals surface area contributed by atoms with E-state index in [4.69, 9.17) is 0 Å². The van der Waals surface area contributed by atoms with Crippen molar-refractivity contribution >= 4 is 5.91 Å². The van der Waals surface area contributed by atoms with Gasteiger partial charge in [0.05, 0.1) is 0 Å². The van der Waals surface area contributed by atoms with Crippen molar-refractivity contribution in [1.82, 2.24) is 10.6 Å². The highest BCUT2D eigenvalue weighted by atomic mass is 16.2. The van der Waals surface area contributed by atoms with E-state index in [1.807, 2.05) is 0 Å². The fourth-order valence-corrected chi connectivity index (χ4v) is 2.19. The predicted molar refractivity (Wildman–Crippen MR) is 55.9 cm³/mol. The van der Waals surface area contributed by atoms with Crippen molar-refractivity contribution in [3.8, 4) is 0 Å². The van der Waals surface area contributed by atoms with Crippen LogP contribution in [0.3, 0.4) is 0 Å². The zero-order valence-corrected chi connectivity index (χ0v) is 9.05. The first kappa shape index (κ1) is 9.97. The number of piperidine rings is 1. The van der Waals surface area contributed by atoms with Crippen molar-refractivity contribution in [2.24, 2.45) is 11.8 Å². The van der Waals surface area contributed by atoms with E-state index in [1.165, 1.54) is 6.42 Å². The molecule has 1 saturated carbocycles. The molecule has 80 valence electrons. The standard InChI is InChI=1S/C11H20N2O/c1-7-5-10(7)13-11(14)9-3-4-12-8(2)6-9/h7-10,12H,3-6H2,1-2H3,(H,13,14). The molecule has 0 spiro atoms. The van der Waals surface area contributed by atoms with Crippen LogP contribution in [0, 0.1) is 11.8 Å². The van der Waals surface area contributed by atoms with Crippen LogP contribution in [0.1, 0.15) is 33.1 Å². The zero-order chi connectivity index (χ0) is 10.1. The Bertz CT molecular complexity index is 229. The molecule has 0 aromatic rings. The molecule has 2 rings (SSSR count). The molecule has 0 bridgehead atoms. The first-order valence-corrected chi connectivity index (χ1v) is 5.70. The highest BCUT2D eigenvalue weighted by Crippen LogP contribution is 2.29. The molecular weight excluding hydrogens is 176 g/mol. The molecule has 3 heteroatoms. The molecule has 1 aliphatic carbocycles. The third kappa shape index (κ3) is 2.27. The van der Waals surface area contributed by atoms with Crippen LogP contribution in [0.4, 0.5) is 0 Å². The summed E-state index contributed by atoms with van der Waals surface area (Å²) in [5.74, 6) is 1.24. The van der Waals surface area contributed by atoms with Gasteiger partial charge < -0.3 is 10.6 Å². The van der Waals surface area contributed by atoms with Gasteiger partial charge in [-0.1, -0.05) is 6.92 Å². The van der Waals surface area contributed by atoms with Gasteiger partial charge in [-0.2, -0.15) is 0 Å². The minimum atomic E-state index is 0.249. The largest absolute Gasteiger partial charge is 0.353 e. The lowest BCUT2D eigenvalue weighted by molar-refractivity contribution is -0.126. The summed E-state index contributed by atoms with van der Waals surface area (Å²) in [5, 5.41) is 6.49. The molecule has 2 N–H and O–H groups in total. The Kier molecular flexibility index (Phi) is 2.77. The van der Waals surface area contributed by atoms with E-state index >= 15 is 0 Å². The van der Waals surface area contributed by atoms with Gasteiger partial charge in [-0.25, -0.2) is 0 Å². The van der Waals surface area contributed by atoms with Gasteiger partial charge in [0.25, 0.3) is 0 Å². The van der Waals surface area contributed by atoms with E-state index in [2.05, 4.69) is 24.5 Å². The van der Waals surface area contributed by atoms with Crippen molar-refractivity contribution in [1.29, 1.82) is 0 Å². The number of hydrogen-bond donors (Lipinski definition) is 2. The Morgan fingerprint density at radius 3 is 2.64 bits per heavy atom. The molecule has 1 aliphatic heterocycles. The van der Waals surface area contributed by atoms with E-state index in [-0.39, 0.29) is 11.8 Å². The zero-order valence-electron chi connectivity index (χ0n) is 9.05. The van der Waals surface area contributed by atoms with Gasteiger partial charge in [-0.05, 0) is 38.6 Å². The maximum absolute atomic E-state index is 11.8. The summed E-state index contributed by atoms with van der Waals surface area (Å²) in [5.41, 5.74) is 0. The van der Waals surface area contributed by atoms with Crippen LogP contribution in [0.2, 0.25) is 0 Å². The van der Waals surface area contributed by atoms with Gasteiger partial charge in [0.2, 0.25) is 5.91 Å². The average molecular weight is 196 g/mol. The predicted octanol–water partition coefficient (Wildman–Crippen LogP) is 0.899. The number of rotatable bonds is 2. The normalized spacial score (nSPS) is 41.9. The maximum atomic E-state index is 11.8. The molecule has 14 heavy (non-hydrogen) atoms. The molecule has 0 radical (unpaired) electrons. The van der Waals surface area contributed by atoms with E-state index < -0.39 is 0 Å². The van der Waals surface area contributed by atoms with Crippen molar-refractivity contribution in [2.45, 2.75) is 45.2 Å². The number of amides is 1. The molecule has 2 aliphatic rings. The van der Waals surface area contributed by atoms with Crippen molar-refractivity contribution in [3.63, 3.8) is 0 Å². The Labute approximate surface area is 85.6 Å². The summed E-state index contributed by atoms with van der Waals surface area (Å²) in [6.07, 6.45) is 3.16. The molecule has 4 atom stereocenters. The second-order valence-corrected chi connectivity index (χ2v) is 4.90. The third-order valence-corrected chi connectivity index (χ3v) is 3.43. The van der Waals surface area contributed by atoms with Gasteiger partial charge >= 0.3 is 0 Å². The molecule has 2 fully saturated rings. The first-order valence-electron chi connectivity index (χ1n) is 5.70. The minimum Gasteiger partial charge on any atom is -0.353 e. The number of carbonyl (C=O) groups is 1. The van der Waals surface area contributed by atoms with Gasteiger partial charge in [0, 0.05) is 18.0 Å². The summed E-state index contributed by atoms with van der Waals surface area (Å²) in [6.45, 7) is 5.33. The van der Waals surface area contributed by atoms with Gasteiger partial charge in [0.1, 0.15) is 0 Å². The lowest BCUT2D eigenvalue weighted by Crippen LogP contribution is -2.43. The quantitative estimate of drug-likeness (QED) is 0.689. The number of carbonyl (C=O) groups excluding carboxylic acids is 1. The molecule has 0 aromatic heterocycles. The SMILES string of the molecule is CC1CC(C(=O)NC2CC2C)CCN1. The average Bonchev–Trinajstić information content (AvgIpc) is 2.81. The molecule has 1 amide bonds. The van der Waals surface area contributed by atoms with Crippen LogP contribution in [-0.2, 0) is 4.79 Å². The van der Waals surface area contributed by atoms with E-state index in [0.717, 1.165) is 19.4 Å². The van der Waals surface area contributed by atoms with Crippen LogP contribution < -0.4 is 10.6 Å². The third-order valence-electron chi connectivity index (χ3n) is 3.43. The van der Waals surface area contributed by atoms with Gasteiger partial charge in [-0.15, -0.1) is 0 Å². The Morgan fingerprint density at radius 1 is 1.36 bits per heavy atom. The molecule has 0 aromatic carbocycles. The number of nitrogens with one attached hydrogen (secondary N) is 2. The smallest absolute Gasteiger partial charge is 0.223 e. The highest BCUT2D eigenvalue weighted by Gasteiger charge is 2.36. The highest BCUT2D eigenvalue weighted by molar-refractivity contribution is 5.79. The van der Waals surface area contributed by atoms with Gasteiger partial charge in [-0.3, -0.25) is 4.79 Å². The second-order valence-electron chi connectivity index (χ2n) is 4.90. The second kappa shape index (κ2) is 3.89. The van der Waals surface area contributed by atoms with Gasteiger partial charge in [0.15, 0.2) is 0 Å². The van der Waals surface area contributed by atoms with E-state index in [1.54, 1.807) is 0 Å². The number of hydrogen-bond acceptors (Lipinski definition) is 2. The topological polar surface area (TPSA) is 41.1 Å². The summed E-state index contributed by atoms with van der Waals surface area (Å²) in [4.78, 5) is 11.8. The summed E-state index contributed by atoms with van der Waals surface area (Å²) < 4.78 is 0. The van der Waals surface area contributed by atoms with Crippen LogP contribution in [0.25, 0.3) is 0 Å². The van der Waals surface area contributed by atoms with Crippen molar-refractivity contribution in [3.05, 3.63) is 0 Å². The van der Waals surface area contributed by atoms with E-state index in [0.29, 0.717) is 18.0 Å².